The van der Waals surface area contributed by atoms with Crippen molar-refractivity contribution in [1.82, 2.24) is 4.90 Å². The Labute approximate surface area is 144 Å². The van der Waals surface area contributed by atoms with Gasteiger partial charge in [-0.1, -0.05) is 0 Å². The van der Waals surface area contributed by atoms with E-state index in [1.807, 2.05) is 4.90 Å². The minimum absolute atomic E-state index is 0.0804. The molecule has 6 nitrogen and oxygen atoms in total. The van der Waals surface area contributed by atoms with Crippen LogP contribution < -0.4 is 11.1 Å². The fourth-order valence-corrected chi connectivity index (χ4v) is 3.47. The third-order valence-electron chi connectivity index (χ3n) is 4.29. The Morgan fingerprint density at radius 1 is 1.21 bits per heavy atom. The molecule has 1 amide bonds. The van der Waals surface area contributed by atoms with Gasteiger partial charge in [0.2, 0.25) is 5.91 Å². The molecule has 1 aromatic rings. The molecule has 1 fully saturated rings. The molecule has 0 bridgehead atoms. The summed E-state index contributed by atoms with van der Waals surface area (Å²) in [7, 11) is -3.15. The maximum Gasteiger partial charge on any atom is 0.239 e. The van der Waals surface area contributed by atoms with Gasteiger partial charge in [-0.05, 0) is 56.4 Å². The Bertz CT molecular complexity index is 638. The van der Waals surface area contributed by atoms with Crippen LogP contribution in [0.25, 0.3) is 0 Å². The summed E-state index contributed by atoms with van der Waals surface area (Å²) >= 11 is 0. The standard InChI is InChI=1S/C17H27N3O3S/c1-24(22,23)15-9-7-14(8-10-15)19-11-3-2-6-16(18)17(21)20-12-4-5-13-20/h7-10,16,19H,2-6,11-13,18H2,1H3. The van der Waals surface area contributed by atoms with E-state index >= 15 is 0 Å². The lowest BCUT2D eigenvalue weighted by Crippen LogP contribution is -2.42. The Morgan fingerprint density at radius 2 is 1.83 bits per heavy atom. The number of amides is 1. The first kappa shape index (κ1) is 18.7. The minimum Gasteiger partial charge on any atom is -0.385 e. The van der Waals surface area contributed by atoms with Crippen LogP contribution in [0, 0.1) is 0 Å². The van der Waals surface area contributed by atoms with E-state index in [4.69, 9.17) is 5.73 Å². The average Bonchev–Trinajstić information content (AvgIpc) is 3.07. The van der Waals surface area contributed by atoms with Crippen molar-refractivity contribution in [2.45, 2.75) is 43.0 Å². The molecule has 1 saturated heterocycles. The Morgan fingerprint density at radius 3 is 2.42 bits per heavy atom. The fraction of sp³-hybridized carbons (Fsp3) is 0.588. The number of unbranched alkanes of at least 4 members (excludes halogenated alkanes) is 1. The van der Waals surface area contributed by atoms with E-state index in [1.165, 1.54) is 6.26 Å². The van der Waals surface area contributed by atoms with Gasteiger partial charge < -0.3 is 16.0 Å². The third-order valence-corrected chi connectivity index (χ3v) is 5.42. The summed E-state index contributed by atoms with van der Waals surface area (Å²) < 4.78 is 22.8. The maximum absolute atomic E-state index is 12.1. The van der Waals surface area contributed by atoms with Crippen molar-refractivity contribution in [3.8, 4) is 0 Å². The third kappa shape index (κ3) is 5.49. The van der Waals surface area contributed by atoms with Crippen LogP contribution in [0.3, 0.4) is 0 Å². The second kappa shape index (κ2) is 8.48. The van der Waals surface area contributed by atoms with E-state index < -0.39 is 15.9 Å². The van der Waals surface area contributed by atoms with Gasteiger partial charge in [0.15, 0.2) is 9.84 Å². The molecular formula is C17H27N3O3S. The molecule has 7 heteroatoms. The Hall–Kier alpha value is -1.60. The van der Waals surface area contributed by atoms with Crippen LogP contribution in [0.4, 0.5) is 5.69 Å². The highest BCUT2D eigenvalue weighted by molar-refractivity contribution is 7.90. The number of hydrogen-bond acceptors (Lipinski definition) is 5. The van der Waals surface area contributed by atoms with Crippen LogP contribution in [0.15, 0.2) is 29.2 Å². The van der Waals surface area contributed by atoms with Crippen LogP contribution in [0.5, 0.6) is 0 Å². The zero-order valence-corrected chi connectivity index (χ0v) is 15.0. The zero-order valence-electron chi connectivity index (χ0n) is 14.2. The molecule has 1 atom stereocenters. The minimum atomic E-state index is -3.15. The summed E-state index contributed by atoms with van der Waals surface area (Å²) in [6, 6.07) is 6.33. The highest BCUT2D eigenvalue weighted by Crippen LogP contribution is 2.14. The van der Waals surface area contributed by atoms with Gasteiger partial charge in [0, 0.05) is 31.6 Å². The van der Waals surface area contributed by atoms with Crippen molar-refractivity contribution in [2.75, 3.05) is 31.2 Å². The number of hydrogen-bond donors (Lipinski definition) is 2. The molecule has 24 heavy (non-hydrogen) atoms. The molecule has 3 N–H and O–H groups in total. The number of likely N-dealkylation sites (tertiary alicyclic amines) is 1. The number of benzene rings is 1. The molecule has 0 spiro atoms. The van der Waals surface area contributed by atoms with Crippen molar-refractivity contribution >= 4 is 21.4 Å². The van der Waals surface area contributed by atoms with E-state index in [1.54, 1.807) is 24.3 Å². The summed E-state index contributed by atoms with van der Waals surface area (Å²) in [5.41, 5.74) is 6.87. The molecule has 0 saturated carbocycles. The molecule has 1 heterocycles. The van der Waals surface area contributed by atoms with Crippen LogP contribution in [0.1, 0.15) is 32.1 Å². The number of sulfone groups is 1. The zero-order chi connectivity index (χ0) is 17.6. The van der Waals surface area contributed by atoms with Crippen molar-refractivity contribution in [3.63, 3.8) is 0 Å². The Balaban J connectivity index is 1.65. The predicted molar refractivity (Wildman–Crippen MR) is 95.7 cm³/mol. The van der Waals surface area contributed by atoms with E-state index in [2.05, 4.69) is 5.32 Å². The monoisotopic (exact) mass is 353 g/mol. The molecular weight excluding hydrogens is 326 g/mol. The first-order chi connectivity index (χ1) is 11.4. The fourth-order valence-electron chi connectivity index (χ4n) is 2.84. The molecule has 1 aromatic carbocycles. The van der Waals surface area contributed by atoms with Crippen molar-refractivity contribution < 1.29 is 13.2 Å². The van der Waals surface area contributed by atoms with Crippen LogP contribution >= 0.6 is 0 Å². The number of nitrogens with two attached hydrogens (primary N) is 1. The molecule has 134 valence electrons. The normalized spacial score (nSPS) is 16.2. The van der Waals surface area contributed by atoms with Gasteiger partial charge in [0.05, 0.1) is 10.9 Å². The summed E-state index contributed by atoms with van der Waals surface area (Å²) in [5, 5.41) is 3.25. The maximum atomic E-state index is 12.1. The first-order valence-electron chi connectivity index (χ1n) is 8.46. The summed E-state index contributed by atoms with van der Waals surface area (Å²) in [6.45, 7) is 2.46. The quantitative estimate of drug-likeness (QED) is 0.693. The van der Waals surface area contributed by atoms with Crippen molar-refractivity contribution in [2.24, 2.45) is 5.73 Å². The number of rotatable bonds is 8. The number of anilines is 1. The van der Waals surface area contributed by atoms with Gasteiger partial charge in [-0.15, -0.1) is 0 Å². The molecule has 0 radical (unpaired) electrons. The first-order valence-corrected chi connectivity index (χ1v) is 10.4. The van der Waals surface area contributed by atoms with Gasteiger partial charge >= 0.3 is 0 Å². The second-order valence-corrected chi connectivity index (χ2v) is 8.37. The number of nitrogens with one attached hydrogen (secondary N) is 1. The summed E-state index contributed by atoms with van der Waals surface area (Å²) in [6.07, 6.45) is 5.86. The lowest BCUT2D eigenvalue weighted by Gasteiger charge is -2.20. The SMILES string of the molecule is CS(=O)(=O)c1ccc(NCCCCC(N)C(=O)N2CCCC2)cc1. The molecule has 2 rings (SSSR count). The number of carbonyl (C=O) groups is 1. The smallest absolute Gasteiger partial charge is 0.239 e. The lowest BCUT2D eigenvalue weighted by atomic mass is 10.1. The van der Waals surface area contributed by atoms with Crippen molar-refractivity contribution in [3.05, 3.63) is 24.3 Å². The van der Waals surface area contributed by atoms with Gasteiger partial charge in [0.1, 0.15) is 0 Å². The average molecular weight is 353 g/mol. The topological polar surface area (TPSA) is 92.5 Å². The lowest BCUT2D eigenvalue weighted by molar-refractivity contribution is -0.131. The van der Waals surface area contributed by atoms with Crippen LogP contribution in [0.2, 0.25) is 0 Å². The van der Waals surface area contributed by atoms with Gasteiger partial charge in [0.25, 0.3) is 0 Å². The van der Waals surface area contributed by atoms with Crippen molar-refractivity contribution in [1.29, 1.82) is 0 Å². The van der Waals surface area contributed by atoms with Gasteiger partial charge in [-0.3, -0.25) is 4.79 Å². The van der Waals surface area contributed by atoms with Crippen LogP contribution in [-0.2, 0) is 14.6 Å². The largest absolute Gasteiger partial charge is 0.385 e. The summed E-state index contributed by atoms with van der Waals surface area (Å²) in [4.78, 5) is 14.3. The van der Waals surface area contributed by atoms with Gasteiger partial charge in [-0.25, -0.2) is 8.42 Å². The van der Waals surface area contributed by atoms with Crippen LogP contribution in [-0.4, -0.2) is 51.2 Å². The van der Waals surface area contributed by atoms with Gasteiger partial charge in [-0.2, -0.15) is 0 Å². The molecule has 0 aliphatic carbocycles. The highest BCUT2D eigenvalue weighted by Gasteiger charge is 2.22. The predicted octanol–water partition coefficient (Wildman–Crippen LogP) is 1.62. The van der Waals surface area contributed by atoms with E-state index in [9.17, 15) is 13.2 Å². The Kier molecular flexibility index (Phi) is 6.62. The number of nitrogens with zero attached hydrogens (tertiary/aromatic N) is 1. The molecule has 1 unspecified atom stereocenters. The highest BCUT2D eigenvalue weighted by atomic mass is 32.2. The second-order valence-electron chi connectivity index (χ2n) is 6.36. The van der Waals surface area contributed by atoms with E-state index in [0.717, 1.165) is 51.0 Å². The molecule has 1 aliphatic rings. The number of carbonyl (C=O) groups excluding carboxylic acids is 1. The van der Waals surface area contributed by atoms with E-state index in [0.29, 0.717) is 11.3 Å². The van der Waals surface area contributed by atoms with E-state index in [-0.39, 0.29) is 5.91 Å². The molecule has 0 aromatic heterocycles. The molecule has 1 aliphatic heterocycles. The summed E-state index contributed by atoms with van der Waals surface area (Å²) in [5.74, 6) is 0.0804.